The van der Waals surface area contributed by atoms with E-state index >= 15 is 0 Å². The lowest BCUT2D eigenvalue weighted by Crippen LogP contribution is -2.59. The number of rotatable bonds is 7. The number of allylic oxidation sites excluding steroid dienone is 1. The van der Waals surface area contributed by atoms with E-state index in [1.165, 1.54) is 18.1 Å². The van der Waals surface area contributed by atoms with Gasteiger partial charge >= 0.3 is 5.97 Å². The first-order valence-corrected chi connectivity index (χ1v) is 10.0. The predicted molar refractivity (Wildman–Crippen MR) is 104 cm³/mol. The number of hydrogen-bond donors (Lipinski definition) is 0. The zero-order valence-electron chi connectivity index (χ0n) is 16.4. The second-order valence-corrected chi connectivity index (χ2v) is 7.58. The number of carbonyl (C=O) groups excluding carboxylic acids is 1. The average molecular weight is 368 g/mol. The highest BCUT2D eigenvalue weighted by molar-refractivity contribution is 5.89. The van der Waals surface area contributed by atoms with Gasteiger partial charge < -0.3 is 14.2 Å². The Morgan fingerprint density at radius 1 is 1.19 bits per heavy atom. The van der Waals surface area contributed by atoms with Crippen molar-refractivity contribution in [1.82, 2.24) is 0 Å². The zero-order chi connectivity index (χ0) is 19.1. The molecule has 1 saturated carbocycles. The van der Waals surface area contributed by atoms with Crippen LogP contribution >= 0.6 is 0 Å². The summed E-state index contributed by atoms with van der Waals surface area (Å²) in [6.07, 6.45) is 5.25. The van der Waals surface area contributed by atoms with Crippen molar-refractivity contribution < 1.29 is 19.0 Å². The molecule has 0 aromatic heterocycles. The first-order valence-electron chi connectivity index (χ1n) is 10.0. The second kappa shape index (κ2) is 6.83. The Balaban J connectivity index is 1.91. The molecule has 4 nitrogen and oxygen atoms in total. The molecule has 4 rings (SSSR count). The molecular formula is C23H28O4. The minimum Gasteiger partial charge on any atom is -0.498 e. The standard InChI is InChI=1S/C23H28O4/c1-4-25-15-19-21(17-10-7-6-8-11-17)22-13-9-12-18(22)20(26-5-2)14-23(19,22)27-16(3)24/h6-8,10-11,14,18H,4-5,9,12-13,15H2,1-3H3/t18-,22-,23-/m0/s1. The van der Waals surface area contributed by atoms with E-state index in [9.17, 15) is 4.79 Å². The van der Waals surface area contributed by atoms with Crippen LogP contribution in [0.4, 0.5) is 0 Å². The highest BCUT2D eigenvalue weighted by Crippen LogP contribution is 2.75. The first kappa shape index (κ1) is 18.3. The average Bonchev–Trinajstić information content (AvgIpc) is 3.18. The Labute approximate surface area is 161 Å². The van der Waals surface area contributed by atoms with Crippen molar-refractivity contribution in [1.29, 1.82) is 0 Å². The molecule has 1 aromatic rings. The number of carbonyl (C=O) groups is 1. The first-order chi connectivity index (χ1) is 13.1. The Kier molecular flexibility index (Phi) is 4.63. The van der Waals surface area contributed by atoms with Crippen LogP contribution in [0.25, 0.3) is 5.57 Å². The van der Waals surface area contributed by atoms with Crippen molar-refractivity contribution in [3.05, 3.63) is 53.3 Å². The number of hydrogen-bond acceptors (Lipinski definition) is 4. The highest BCUT2D eigenvalue weighted by Gasteiger charge is 2.74. The molecule has 0 saturated heterocycles. The molecular weight excluding hydrogens is 340 g/mol. The molecule has 1 spiro atoms. The summed E-state index contributed by atoms with van der Waals surface area (Å²) in [5, 5.41) is 0. The minimum absolute atomic E-state index is 0.225. The summed E-state index contributed by atoms with van der Waals surface area (Å²) >= 11 is 0. The van der Waals surface area contributed by atoms with E-state index in [1.807, 2.05) is 19.9 Å². The van der Waals surface area contributed by atoms with Crippen molar-refractivity contribution in [2.24, 2.45) is 11.3 Å². The Morgan fingerprint density at radius 3 is 2.63 bits per heavy atom. The SMILES string of the molecule is CCOCC1=C(c2ccccc2)[C@]23CCC[C@H]2C(OCC)=C[C@]13OC(C)=O. The molecule has 0 bridgehead atoms. The number of ether oxygens (including phenoxy) is 3. The van der Waals surface area contributed by atoms with Crippen LogP contribution in [0.2, 0.25) is 0 Å². The third-order valence-electron chi connectivity index (χ3n) is 6.34. The van der Waals surface area contributed by atoms with Crippen LogP contribution in [0.1, 0.15) is 45.6 Å². The molecule has 0 amide bonds. The second-order valence-electron chi connectivity index (χ2n) is 7.58. The minimum atomic E-state index is -0.731. The number of benzene rings is 1. The summed E-state index contributed by atoms with van der Waals surface area (Å²) in [6.45, 7) is 7.21. The monoisotopic (exact) mass is 368 g/mol. The number of esters is 1. The fourth-order valence-corrected chi connectivity index (χ4v) is 5.64. The molecule has 1 aromatic carbocycles. The van der Waals surface area contributed by atoms with Crippen LogP contribution in [0, 0.1) is 11.3 Å². The Morgan fingerprint density at radius 2 is 1.96 bits per heavy atom. The van der Waals surface area contributed by atoms with Gasteiger partial charge in [0.15, 0.2) is 5.60 Å². The normalized spacial score (nSPS) is 31.1. The lowest BCUT2D eigenvalue weighted by molar-refractivity contribution is -0.160. The summed E-state index contributed by atoms with van der Waals surface area (Å²) in [4.78, 5) is 12.1. The summed E-state index contributed by atoms with van der Waals surface area (Å²) in [6, 6.07) is 10.5. The van der Waals surface area contributed by atoms with Crippen LogP contribution in [0.5, 0.6) is 0 Å². The van der Waals surface area contributed by atoms with Crippen molar-refractivity contribution in [3.8, 4) is 0 Å². The topological polar surface area (TPSA) is 44.8 Å². The molecule has 0 unspecified atom stereocenters. The van der Waals surface area contributed by atoms with Gasteiger partial charge in [-0.25, -0.2) is 0 Å². The third kappa shape index (κ3) is 2.42. The molecule has 4 heteroatoms. The van der Waals surface area contributed by atoms with E-state index in [4.69, 9.17) is 14.2 Å². The molecule has 3 aliphatic carbocycles. The van der Waals surface area contributed by atoms with Crippen molar-refractivity contribution in [2.75, 3.05) is 19.8 Å². The summed E-state index contributed by atoms with van der Waals surface area (Å²) < 4.78 is 18.0. The molecule has 0 N–H and O–H groups in total. The van der Waals surface area contributed by atoms with E-state index in [1.54, 1.807) is 0 Å². The maximum absolute atomic E-state index is 12.1. The van der Waals surface area contributed by atoms with Gasteiger partial charge in [0.2, 0.25) is 0 Å². The summed E-state index contributed by atoms with van der Waals surface area (Å²) in [5.41, 5.74) is 2.62. The Bertz CT molecular complexity index is 794. The predicted octanol–water partition coefficient (Wildman–Crippen LogP) is 4.51. The van der Waals surface area contributed by atoms with Gasteiger partial charge in [-0.3, -0.25) is 4.79 Å². The fraction of sp³-hybridized carbons (Fsp3) is 0.522. The maximum Gasteiger partial charge on any atom is 0.303 e. The van der Waals surface area contributed by atoms with Crippen LogP contribution < -0.4 is 0 Å². The van der Waals surface area contributed by atoms with E-state index in [-0.39, 0.29) is 17.3 Å². The smallest absolute Gasteiger partial charge is 0.303 e. The third-order valence-corrected chi connectivity index (χ3v) is 6.34. The highest BCUT2D eigenvalue weighted by atomic mass is 16.6. The molecule has 3 aliphatic rings. The van der Waals surface area contributed by atoms with Gasteiger partial charge in [-0.2, -0.15) is 0 Å². The van der Waals surface area contributed by atoms with E-state index in [2.05, 4.69) is 30.3 Å². The van der Waals surface area contributed by atoms with Gasteiger partial charge in [-0.05, 0) is 37.8 Å². The van der Waals surface area contributed by atoms with Gasteiger partial charge in [-0.15, -0.1) is 0 Å². The maximum atomic E-state index is 12.1. The Hall–Kier alpha value is -2.07. The molecule has 3 atom stereocenters. The van der Waals surface area contributed by atoms with Crippen molar-refractivity contribution >= 4 is 11.5 Å². The van der Waals surface area contributed by atoms with E-state index in [0.717, 1.165) is 30.6 Å². The van der Waals surface area contributed by atoms with Crippen LogP contribution in [0.15, 0.2) is 47.7 Å². The molecule has 1 fully saturated rings. The van der Waals surface area contributed by atoms with Gasteiger partial charge in [0.1, 0.15) is 5.76 Å². The van der Waals surface area contributed by atoms with Gasteiger partial charge in [0.25, 0.3) is 0 Å². The molecule has 0 radical (unpaired) electrons. The fourth-order valence-electron chi connectivity index (χ4n) is 5.64. The largest absolute Gasteiger partial charge is 0.498 e. The summed E-state index contributed by atoms with van der Waals surface area (Å²) in [7, 11) is 0. The lowest BCUT2D eigenvalue weighted by Gasteiger charge is -2.57. The van der Waals surface area contributed by atoms with Gasteiger partial charge in [0, 0.05) is 31.1 Å². The van der Waals surface area contributed by atoms with Crippen molar-refractivity contribution in [3.63, 3.8) is 0 Å². The van der Waals surface area contributed by atoms with Gasteiger partial charge in [0.05, 0.1) is 18.6 Å². The molecule has 0 aliphatic heterocycles. The summed E-state index contributed by atoms with van der Waals surface area (Å²) in [5.74, 6) is 0.990. The molecule has 144 valence electrons. The van der Waals surface area contributed by atoms with E-state index < -0.39 is 5.60 Å². The molecule has 27 heavy (non-hydrogen) atoms. The zero-order valence-corrected chi connectivity index (χ0v) is 16.4. The van der Waals surface area contributed by atoms with E-state index in [0.29, 0.717) is 19.8 Å². The van der Waals surface area contributed by atoms with Crippen LogP contribution in [0.3, 0.4) is 0 Å². The molecule has 0 heterocycles. The van der Waals surface area contributed by atoms with Crippen LogP contribution in [-0.2, 0) is 19.0 Å². The quantitative estimate of drug-likeness (QED) is 0.664. The van der Waals surface area contributed by atoms with Crippen LogP contribution in [-0.4, -0.2) is 31.4 Å². The van der Waals surface area contributed by atoms with Gasteiger partial charge in [-0.1, -0.05) is 36.8 Å². The van der Waals surface area contributed by atoms with Crippen molar-refractivity contribution in [2.45, 2.75) is 45.6 Å². The lowest BCUT2D eigenvalue weighted by atomic mass is 9.50.